The van der Waals surface area contributed by atoms with Crippen LogP contribution >= 0.6 is 11.8 Å². The van der Waals surface area contributed by atoms with Crippen molar-refractivity contribution in [2.75, 3.05) is 6.54 Å². The van der Waals surface area contributed by atoms with Crippen molar-refractivity contribution in [3.63, 3.8) is 0 Å². The van der Waals surface area contributed by atoms with E-state index >= 15 is 0 Å². The normalized spacial score (nSPS) is 16.5. The molecule has 4 nitrogen and oxygen atoms in total. The van der Waals surface area contributed by atoms with Gasteiger partial charge in [-0.25, -0.2) is 0 Å². The number of nitrogens with one attached hydrogen (secondary N) is 1. The second-order valence-corrected chi connectivity index (χ2v) is 7.32. The molecule has 0 saturated heterocycles. The van der Waals surface area contributed by atoms with E-state index in [0.717, 1.165) is 10.5 Å². The van der Waals surface area contributed by atoms with Gasteiger partial charge in [0.15, 0.2) is 0 Å². The molecule has 1 atom stereocenters. The van der Waals surface area contributed by atoms with Crippen molar-refractivity contribution in [1.82, 2.24) is 5.32 Å². The van der Waals surface area contributed by atoms with Gasteiger partial charge >= 0.3 is 5.97 Å². The lowest BCUT2D eigenvalue weighted by molar-refractivity contribution is -0.140. The fraction of sp³-hybridized carbons (Fsp3) is 0.529. The lowest BCUT2D eigenvalue weighted by Crippen LogP contribution is -2.31. The highest BCUT2D eigenvalue weighted by molar-refractivity contribution is 8.00. The molecule has 1 aliphatic rings. The lowest BCUT2D eigenvalue weighted by Gasteiger charge is -2.15. The van der Waals surface area contributed by atoms with Gasteiger partial charge in [-0.1, -0.05) is 31.4 Å². The summed E-state index contributed by atoms with van der Waals surface area (Å²) in [6.45, 7) is 3.70. The molecule has 1 saturated carbocycles. The summed E-state index contributed by atoms with van der Waals surface area (Å²) in [5.41, 5.74) is 1.70. The van der Waals surface area contributed by atoms with E-state index in [1.165, 1.54) is 25.7 Å². The van der Waals surface area contributed by atoms with Gasteiger partial charge in [0, 0.05) is 16.7 Å². The zero-order valence-corrected chi connectivity index (χ0v) is 13.9. The number of benzene rings is 1. The van der Waals surface area contributed by atoms with Crippen LogP contribution in [0.15, 0.2) is 23.1 Å². The minimum absolute atomic E-state index is 0.148. The number of aryl methyl sites for hydroxylation is 1. The smallest absolute Gasteiger partial charge is 0.308 e. The van der Waals surface area contributed by atoms with Crippen molar-refractivity contribution < 1.29 is 14.7 Å². The molecule has 1 aromatic carbocycles. The third kappa shape index (κ3) is 4.50. The Balaban J connectivity index is 2.08. The van der Waals surface area contributed by atoms with E-state index in [1.807, 2.05) is 25.1 Å². The molecule has 0 aromatic heterocycles. The predicted molar refractivity (Wildman–Crippen MR) is 88.4 cm³/mol. The average molecular weight is 321 g/mol. The maximum Gasteiger partial charge on any atom is 0.308 e. The van der Waals surface area contributed by atoms with Gasteiger partial charge in [0.05, 0.1) is 11.5 Å². The molecular formula is C17H23NO3S. The molecular weight excluding hydrogens is 298 g/mol. The fourth-order valence-corrected chi connectivity index (χ4v) is 3.89. The number of thioether (sulfide) groups is 1. The van der Waals surface area contributed by atoms with E-state index in [0.29, 0.717) is 10.8 Å². The fourth-order valence-electron chi connectivity index (χ4n) is 2.54. The summed E-state index contributed by atoms with van der Waals surface area (Å²) < 4.78 is 0. The summed E-state index contributed by atoms with van der Waals surface area (Å²) in [4.78, 5) is 24.2. The molecule has 1 unspecified atom stereocenters. The minimum atomic E-state index is -0.898. The molecule has 1 aromatic rings. The van der Waals surface area contributed by atoms with Gasteiger partial charge < -0.3 is 10.4 Å². The number of hydrogen-bond donors (Lipinski definition) is 2. The largest absolute Gasteiger partial charge is 0.481 e. The number of carbonyl (C=O) groups excluding carboxylic acids is 1. The lowest BCUT2D eigenvalue weighted by atomic mass is 10.1. The SMILES string of the molecule is Cc1ccc(SC2CCCC2)c(C(=O)NCC(C)C(=O)O)c1. The van der Waals surface area contributed by atoms with Gasteiger partial charge in [0.1, 0.15) is 0 Å². The summed E-state index contributed by atoms with van der Waals surface area (Å²) in [5.74, 6) is -1.66. The van der Waals surface area contributed by atoms with Crippen molar-refractivity contribution in [3.8, 4) is 0 Å². The summed E-state index contributed by atoms with van der Waals surface area (Å²) in [7, 11) is 0. The maximum atomic E-state index is 12.4. The predicted octanol–water partition coefficient (Wildman–Crippen LogP) is 3.48. The van der Waals surface area contributed by atoms with E-state index in [9.17, 15) is 9.59 Å². The summed E-state index contributed by atoms with van der Waals surface area (Å²) in [5, 5.41) is 12.2. The standard InChI is InChI=1S/C17H23NO3S/c1-11-7-8-15(22-13-5-3-4-6-13)14(9-11)16(19)18-10-12(2)17(20)21/h7-9,12-13H,3-6,10H2,1-2H3,(H,18,19)(H,20,21). The Morgan fingerprint density at radius 3 is 2.68 bits per heavy atom. The average Bonchev–Trinajstić information content (AvgIpc) is 2.99. The van der Waals surface area contributed by atoms with Crippen molar-refractivity contribution >= 4 is 23.6 Å². The number of amides is 1. The number of rotatable bonds is 6. The number of aliphatic carboxylic acids is 1. The Morgan fingerprint density at radius 1 is 1.36 bits per heavy atom. The van der Waals surface area contributed by atoms with Crippen LogP contribution < -0.4 is 5.32 Å². The van der Waals surface area contributed by atoms with Gasteiger partial charge in [-0.15, -0.1) is 11.8 Å². The van der Waals surface area contributed by atoms with Crippen molar-refractivity contribution in [1.29, 1.82) is 0 Å². The van der Waals surface area contributed by atoms with Crippen LogP contribution in [0.3, 0.4) is 0 Å². The first-order chi connectivity index (χ1) is 10.5. The molecule has 1 amide bonds. The Labute approximate surface area is 135 Å². The number of carbonyl (C=O) groups is 2. The van der Waals surface area contributed by atoms with Crippen molar-refractivity contribution in [2.24, 2.45) is 5.92 Å². The first kappa shape index (κ1) is 16.9. The quantitative estimate of drug-likeness (QED) is 0.842. The summed E-state index contributed by atoms with van der Waals surface area (Å²) in [6.07, 6.45) is 4.94. The highest BCUT2D eigenvalue weighted by atomic mass is 32.2. The van der Waals surface area contributed by atoms with Gasteiger partial charge in [0.2, 0.25) is 0 Å². The highest BCUT2D eigenvalue weighted by Crippen LogP contribution is 2.36. The molecule has 0 spiro atoms. The highest BCUT2D eigenvalue weighted by Gasteiger charge is 2.20. The van der Waals surface area contributed by atoms with Crippen LogP contribution in [0.2, 0.25) is 0 Å². The van der Waals surface area contributed by atoms with Gasteiger partial charge in [-0.05, 0) is 31.9 Å². The second kappa shape index (κ2) is 7.68. The molecule has 2 N–H and O–H groups in total. The molecule has 2 rings (SSSR count). The molecule has 0 aliphatic heterocycles. The third-order valence-corrected chi connectivity index (χ3v) is 5.38. The molecule has 22 heavy (non-hydrogen) atoms. The van der Waals surface area contributed by atoms with Gasteiger partial charge in [-0.2, -0.15) is 0 Å². The van der Waals surface area contributed by atoms with Crippen molar-refractivity contribution in [2.45, 2.75) is 49.7 Å². The summed E-state index contributed by atoms with van der Waals surface area (Å²) >= 11 is 1.78. The molecule has 0 bridgehead atoms. The molecule has 1 aliphatic carbocycles. The molecule has 1 fully saturated rings. The van der Waals surface area contributed by atoms with Crippen LogP contribution in [-0.4, -0.2) is 28.8 Å². The van der Waals surface area contributed by atoms with E-state index < -0.39 is 11.9 Å². The van der Waals surface area contributed by atoms with Crippen LogP contribution in [0.1, 0.15) is 48.5 Å². The van der Waals surface area contributed by atoms with Crippen LogP contribution in [-0.2, 0) is 4.79 Å². The van der Waals surface area contributed by atoms with Gasteiger partial charge in [-0.3, -0.25) is 9.59 Å². The zero-order chi connectivity index (χ0) is 16.1. The van der Waals surface area contributed by atoms with Crippen LogP contribution in [0.5, 0.6) is 0 Å². The van der Waals surface area contributed by atoms with E-state index in [1.54, 1.807) is 18.7 Å². The maximum absolute atomic E-state index is 12.4. The first-order valence-corrected chi connectivity index (χ1v) is 8.63. The van der Waals surface area contributed by atoms with E-state index in [2.05, 4.69) is 5.32 Å². The Bertz CT molecular complexity index is 553. The van der Waals surface area contributed by atoms with Crippen LogP contribution in [0.4, 0.5) is 0 Å². The zero-order valence-electron chi connectivity index (χ0n) is 13.1. The minimum Gasteiger partial charge on any atom is -0.481 e. The molecule has 0 heterocycles. The van der Waals surface area contributed by atoms with Gasteiger partial charge in [0.25, 0.3) is 5.91 Å². The first-order valence-electron chi connectivity index (χ1n) is 7.75. The molecule has 120 valence electrons. The number of hydrogen-bond acceptors (Lipinski definition) is 3. The van der Waals surface area contributed by atoms with Crippen molar-refractivity contribution in [3.05, 3.63) is 29.3 Å². The molecule has 5 heteroatoms. The second-order valence-electron chi connectivity index (χ2n) is 5.97. The van der Waals surface area contributed by atoms with Crippen LogP contribution in [0.25, 0.3) is 0 Å². The Morgan fingerprint density at radius 2 is 2.05 bits per heavy atom. The molecule has 0 radical (unpaired) electrons. The van der Waals surface area contributed by atoms with E-state index in [-0.39, 0.29) is 12.5 Å². The third-order valence-electron chi connectivity index (χ3n) is 3.97. The Hall–Kier alpha value is -1.49. The van der Waals surface area contributed by atoms with Crippen LogP contribution in [0, 0.1) is 12.8 Å². The number of carboxylic acids is 1. The van der Waals surface area contributed by atoms with E-state index in [4.69, 9.17) is 5.11 Å². The monoisotopic (exact) mass is 321 g/mol. The Kier molecular flexibility index (Phi) is 5.89. The topological polar surface area (TPSA) is 66.4 Å². The number of carboxylic acid groups (broad SMARTS) is 1. The summed E-state index contributed by atoms with van der Waals surface area (Å²) in [6, 6.07) is 5.92.